The van der Waals surface area contributed by atoms with E-state index < -0.39 is 0 Å². The largest absolute Gasteiger partial charge is 0.374 e. The smallest absolute Gasteiger partial charge is 0.159 e. The van der Waals surface area contributed by atoms with Crippen LogP contribution in [0.4, 0.5) is 5.82 Å². The van der Waals surface area contributed by atoms with Gasteiger partial charge in [-0.05, 0) is 19.9 Å². The van der Waals surface area contributed by atoms with Gasteiger partial charge >= 0.3 is 0 Å². The number of anilines is 1. The highest BCUT2D eigenvalue weighted by molar-refractivity contribution is 5.41. The van der Waals surface area contributed by atoms with E-state index in [4.69, 9.17) is 4.74 Å². The Morgan fingerprint density at radius 2 is 2.22 bits per heavy atom. The van der Waals surface area contributed by atoms with Crippen LogP contribution in [0.15, 0.2) is 24.5 Å². The number of hydrogen-bond acceptors (Lipinski definition) is 5. The van der Waals surface area contributed by atoms with Crippen LogP contribution in [0.2, 0.25) is 0 Å². The maximum absolute atomic E-state index is 5.34. The molecular formula is C12H17N5O. The minimum Gasteiger partial charge on any atom is -0.374 e. The molecule has 2 aromatic rings. The molecule has 18 heavy (non-hydrogen) atoms. The van der Waals surface area contributed by atoms with E-state index in [2.05, 4.69) is 20.4 Å². The van der Waals surface area contributed by atoms with Gasteiger partial charge in [0.05, 0.1) is 0 Å². The first-order valence-electron chi connectivity index (χ1n) is 6.03. The van der Waals surface area contributed by atoms with Crippen molar-refractivity contribution >= 4 is 5.82 Å². The molecule has 0 aliphatic carbocycles. The molecule has 96 valence electrons. The Labute approximate surface area is 106 Å². The van der Waals surface area contributed by atoms with Crippen LogP contribution in [0.5, 0.6) is 0 Å². The lowest BCUT2D eigenvalue weighted by Crippen LogP contribution is -2.09. The third-order valence-electron chi connectivity index (χ3n) is 2.29. The molecule has 0 saturated carbocycles. The Hall–Kier alpha value is -1.95. The van der Waals surface area contributed by atoms with Gasteiger partial charge in [-0.15, -0.1) is 0 Å². The molecule has 0 saturated heterocycles. The summed E-state index contributed by atoms with van der Waals surface area (Å²) >= 11 is 0. The molecule has 6 heteroatoms. The van der Waals surface area contributed by atoms with E-state index >= 15 is 0 Å². The van der Waals surface area contributed by atoms with E-state index in [-0.39, 0.29) is 0 Å². The first-order chi connectivity index (χ1) is 8.83. The summed E-state index contributed by atoms with van der Waals surface area (Å²) in [5.74, 6) is 2.18. The van der Waals surface area contributed by atoms with Crippen LogP contribution >= 0.6 is 0 Å². The summed E-state index contributed by atoms with van der Waals surface area (Å²) < 4.78 is 7.05. The van der Waals surface area contributed by atoms with E-state index in [1.807, 2.05) is 32.2 Å². The predicted molar refractivity (Wildman–Crippen MR) is 68.6 cm³/mol. The second kappa shape index (κ2) is 6.11. The lowest BCUT2D eigenvalue weighted by Gasteiger charge is -2.08. The van der Waals surface area contributed by atoms with E-state index in [1.165, 1.54) is 0 Å². The normalized spacial score (nSPS) is 10.6. The zero-order valence-electron chi connectivity index (χ0n) is 10.6. The summed E-state index contributed by atoms with van der Waals surface area (Å²) in [5, 5.41) is 7.35. The van der Waals surface area contributed by atoms with Crippen molar-refractivity contribution in [2.75, 3.05) is 18.5 Å². The lowest BCUT2D eigenvalue weighted by atomic mass is 10.4. The standard InChI is InChI=1S/C12H17N5O/c1-3-13-10-8-12(17-7-5-6-14-17)16-11(15-10)9-18-4-2/h5-8H,3-4,9H2,1-2H3,(H,13,15,16). The molecule has 0 spiro atoms. The van der Waals surface area contributed by atoms with Crippen LogP contribution in [-0.2, 0) is 11.3 Å². The molecule has 2 heterocycles. The van der Waals surface area contributed by atoms with Crippen LogP contribution in [0.25, 0.3) is 5.82 Å². The molecule has 1 N–H and O–H groups in total. The second-order valence-corrected chi connectivity index (χ2v) is 3.65. The number of hydrogen-bond donors (Lipinski definition) is 1. The highest BCUT2D eigenvalue weighted by Gasteiger charge is 2.06. The molecule has 0 fully saturated rings. The third kappa shape index (κ3) is 3.04. The van der Waals surface area contributed by atoms with Gasteiger partial charge in [0, 0.05) is 31.6 Å². The molecule has 0 amide bonds. The molecule has 0 unspecified atom stereocenters. The van der Waals surface area contributed by atoms with Crippen molar-refractivity contribution in [3.05, 3.63) is 30.4 Å². The van der Waals surface area contributed by atoms with Gasteiger partial charge in [-0.2, -0.15) is 5.10 Å². The fourth-order valence-electron chi connectivity index (χ4n) is 1.53. The molecule has 0 bridgehead atoms. The molecule has 2 aromatic heterocycles. The Morgan fingerprint density at radius 3 is 2.89 bits per heavy atom. The minimum atomic E-state index is 0.407. The van der Waals surface area contributed by atoms with Gasteiger partial charge in [-0.1, -0.05) is 0 Å². The molecule has 2 rings (SSSR count). The molecule has 0 aromatic carbocycles. The zero-order valence-corrected chi connectivity index (χ0v) is 10.6. The number of aromatic nitrogens is 4. The monoisotopic (exact) mass is 247 g/mol. The summed E-state index contributed by atoms with van der Waals surface area (Å²) in [4.78, 5) is 8.80. The summed E-state index contributed by atoms with van der Waals surface area (Å²) in [6.07, 6.45) is 3.57. The van der Waals surface area contributed by atoms with Crippen LogP contribution in [0.1, 0.15) is 19.7 Å². The quantitative estimate of drug-likeness (QED) is 0.840. The van der Waals surface area contributed by atoms with Crippen LogP contribution in [-0.4, -0.2) is 32.9 Å². The van der Waals surface area contributed by atoms with Crippen molar-refractivity contribution in [3.63, 3.8) is 0 Å². The Morgan fingerprint density at radius 1 is 1.33 bits per heavy atom. The molecule has 6 nitrogen and oxygen atoms in total. The van der Waals surface area contributed by atoms with Gasteiger partial charge in [-0.3, -0.25) is 0 Å². The molecule has 0 aliphatic rings. The highest BCUT2D eigenvalue weighted by atomic mass is 16.5. The van der Waals surface area contributed by atoms with Gasteiger partial charge in [0.1, 0.15) is 12.4 Å². The zero-order chi connectivity index (χ0) is 12.8. The van der Waals surface area contributed by atoms with Crippen molar-refractivity contribution < 1.29 is 4.74 Å². The molecule has 0 atom stereocenters. The Bertz CT molecular complexity index is 483. The summed E-state index contributed by atoms with van der Waals surface area (Å²) in [5.41, 5.74) is 0. The maximum atomic E-state index is 5.34. The van der Waals surface area contributed by atoms with Crippen molar-refractivity contribution in [2.24, 2.45) is 0 Å². The van der Waals surface area contributed by atoms with Gasteiger partial charge in [0.2, 0.25) is 0 Å². The first-order valence-corrected chi connectivity index (χ1v) is 6.03. The summed E-state index contributed by atoms with van der Waals surface area (Å²) in [7, 11) is 0. The first kappa shape index (κ1) is 12.5. The number of ether oxygens (including phenoxy) is 1. The van der Waals surface area contributed by atoms with E-state index in [9.17, 15) is 0 Å². The SMILES string of the molecule is CCNc1cc(-n2cccn2)nc(COCC)n1. The fourth-order valence-corrected chi connectivity index (χ4v) is 1.53. The Kier molecular flexibility index (Phi) is 4.25. The third-order valence-corrected chi connectivity index (χ3v) is 2.29. The minimum absolute atomic E-state index is 0.407. The number of rotatable bonds is 6. The number of nitrogens with one attached hydrogen (secondary N) is 1. The summed E-state index contributed by atoms with van der Waals surface area (Å²) in [6.45, 7) is 5.83. The Balaban J connectivity index is 2.30. The highest BCUT2D eigenvalue weighted by Crippen LogP contribution is 2.11. The predicted octanol–water partition coefficient (Wildman–Crippen LogP) is 1.63. The van der Waals surface area contributed by atoms with Crippen LogP contribution in [0, 0.1) is 0 Å². The van der Waals surface area contributed by atoms with Crippen molar-refractivity contribution in [1.29, 1.82) is 0 Å². The van der Waals surface area contributed by atoms with E-state index in [1.54, 1.807) is 10.9 Å². The van der Waals surface area contributed by atoms with Crippen LogP contribution < -0.4 is 5.32 Å². The average Bonchev–Trinajstić information content (AvgIpc) is 2.90. The second-order valence-electron chi connectivity index (χ2n) is 3.65. The summed E-state index contributed by atoms with van der Waals surface area (Å²) in [6, 6.07) is 3.73. The van der Waals surface area contributed by atoms with Gasteiger partial charge in [0.25, 0.3) is 0 Å². The molecular weight excluding hydrogens is 230 g/mol. The van der Waals surface area contributed by atoms with Crippen molar-refractivity contribution in [3.8, 4) is 5.82 Å². The van der Waals surface area contributed by atoms with Gasteiger partial charge in [-0.25, -0.2) is 14.6 Å². The van der Waals surface area contributed by atoms with Crippen molar-refractivity contribution in [2.45, 2.75) is 20.5 Å². The lowest BCUT2D eigenvalue weighted by molar-refractivity contribution is 0.128. The van der Waals surface area contributed by atoms with E-state index in [0.717, 1.165) is 18.2 Å². The van der Waals surface area contributed by atoms with E-state index in [0.29, 0.717) is 19.0 Å². The van der Waals surface area contributed by atoms with Crippen molar-refractivity contribution in [1.82, 2.24) is 19.7 Å². The van der Waals surface area contributed by atoms with Gasteiger partial charge in [0.15, 0.2) is 11.6 Å². The van der Waals surface area contributed by atoms with Crippen LogP contribution in [0.3, 0.4) is 0 Å². The number of nitrogens with zero attached hydrogens (tertiary/aromatic N) is 4. The topological polar surface area (TPSA) is 64.9 Å². The van der Waals surface area contributed by atoms with Gasteiger partial charge < -0.3 is 10.1 Å². The maximum Gasteiger partial charge on any atom is 0.159 e. The average molecular weight is 247 g/mol. The molecule has 0 aliphatic heterocycles. The fraction of sp³-hybridized carbons (Fsp3) is 0.417. The molecule has 0 radical (unpaired) electrons.